The number of hydrogen-bond donors (Lipinski definition) is 1. The van der Waals surface area contributed by atoms with Gasteiger partial charge in [-0.15, -0.1) is 0 Å². The van der Waals surface area contributed by atoms with Crippen molar-refractivity contribution in [3.63, 3.8) is 0 Å². The number of carbonyl (C=O) groups is 2. The molecule has 0 atom stereocenters. The molecule has 194 valence electrons. The van der Waals surface area contributed by atoms with E-state index < -0.39 is 40.7 Å². The molecule has 1 saturated heterocycles. The minimum Gasteiger partial charge on any atom is -0.326 e. The lowest BCUT2D eigenvalue weighted by atomic mass is 10.1. The van der Waals surface area contributed by atoms with Crippen LogP contribution in [0.3, 0.4) is 0 Å². The molecule has 0 bridgehead atoms. The van der Waals surface area contributed by atoms with Gasteiger partial charge in [-0.25, -0.2) is 9.37 Å². The van der Waals surface area contributed by atoms with Crippen LogP contribution in [0.4, 0.5) is 23.2 Å². The maximum Gasteiger partial charge on any atom is 0.420 e. The molecule has 4 aromatic rings. The van der Waals surface area contributed by atoms with Gasteiger partial charge in [0.2, 0.25) is 5.91 Å². The van der Waals surface area contributed by atoms with Crippen molar-refractivity contribution in [2.45, 2.75) is 20.0 Å². The van der Waals surface area contributed by atoms with Crippen LogP contribution in [0.2, 0.25) is 5.15 Å². The van der Waals surface area contributed by atoms with E-state index in [4.69, 9.17) is 11.6 Å². The normalized spacial score (nSPS) is 14.1. The Bertz CT molecular complexity index is 1430. The largest absolute Gasteiger partial charge is 0.420 e. The highest BCUT2D eigenvalue weighted by atomic mass is 35.5. The Morgan fingerprint density at radius 3 is 2.41 bits per heavy atom. The Kier molecular flexibility index (Phi) is 7.21. The zero-order valence-electron chi connectivity index (χ0n) is 19.7. The highest BCUT2D eigenvalue weighted by Crippen LogP contribution is 2.37. The number of halogens is 5. The first-order chi connectivity index (χ1) is 17.6. The fraction of sp³-hybridized carbons (Fsp3) is 0.250. The molecule has 0 spiro atoms. The Hall–Kier alpha value is -3.93. The predicted octanol–water partition coefficient (Wildman–Crippen LogP) is 5.05. The summed E-state index contributed by atoms with van der Waals surface area (Å²) in [6.45, 7) is 3.85. The van der Waals surface area contributed by atoms with E-state index in [1.54, 1.807) is 0 Å². The number of hydrogen-bond acceptors (Lipinski definition) is 4. The average molecular weight is 537 g/mol. The topological polar surface area (TPSA) is 86.6 Å². The molecule has 0 saturated carbocycles. The second-order valence-electron chi connectivity index (χ2n) is 7.82. The summed E-state index contributed by atoms with van der Waals surface area (Å²) >= 11 is 6.33. The average Bonchev–Trinajstić information content (AvgIpc) is 3.53. The van der Waals surface area contributed by atoms with E-state index in [9.17, 15) is 27.2 Å². The van der Waals surface area contributed by atoms with Crippen LogP contribution in [0.5, 0.6) is 0 Å². The molecule has 3 aromatic heterocycles. The van der Waals surface area contributed by atoms with Crippen molar-refractivity contribution >= 4 is 34.7 Å². The number of nitrogens with one attached hydrogen (secondary N) is 1. The maximum atomic E-state index is 13.8. The number of amides is 2. The van der Waals surface area contributed by atoms with Crippen molar-refractivity contribution in [2.75, 3.05) is 24.5 Å². The van der Waals surface area contributed by atoms with E-state index in [0.29, 0.717) is 11.3 Å². The number of benzene rings is 1. The highest BCUT2D eigenvalue weighted by Gasteiger charge is 2.37. The standard InChI is InChI=1S/C22H15ClF4N6O2.C2H6/c23-19-18(21(35)31-5-6-32(17(34)11-31)15-3-1-14(24)2-4-15)30-20-16(22(25,26)27)7-12(10-33(19)20)13-8-28-29-9-13;1-2/h1-4,7-10H,5-6,11H2,(H,28,29);1-2H3. The molecule has 0 unspecified atom stereocenters. The molecule has 2 amide bonds. The summed E-state index contributed by atoms with van der Waals surface area (Å²) < 4.78 is 55.7. The lowest BCUT2D eigenvalue weighted by Crippen LogP contribution is -2.52. The number of aromatic amines is 1. The summed E-state index contributed by atoms with van der Waals surface area (Å²) in [5.74, 6) is -1.66. The Morgan fingerprint density at radius 1 is 1.11 bits per heavy atom. The molecule has 1 aromatic carbocycles. The lowest BCUT2D eigenvalue weighted by Gasteiger charge is -2.34. The van der Waals surface area contributed by atoms with Gasteiger partial charge >= 0.3 is 6.18 Å². The van der Waals surface area contributed by atoms with Gasteiger partial charge in [-0.2, -0.15) is 18.3 Å². The molecule has 0 aliphatic carbocycles. The van der Waals surface area contributed by atoms with Crippen LogP contribution in [0.15, 0.2) is 48.9 Å². The first-order valence-electron chi connectivity index (χ1n) is 11.3. The third-order valence-electron chi connectivity index (χ3n) is 5.65. The van der Waals surface area contributed by atoms with E-state index >= 15 is 0 Å². The van der Waals surface area contributed by atoms with Gasteiger partial charge in [0.05, 0.1) is 11.8 Å². The summed E-state index contributed by atoms with van der Waals surface area (Å²) in [6, 6.07) is 6.22. The van der Waals surface area contributed by atoms with Gasteiger partial charge in [0, 0.05) is 42.3 Å². The van der Waals surface area contributed by atoms with Gasteiger partial charge in [0.15, 0.2) is 11.3 Å². The fourth-order valence-corrected chi connectivity index (χ4v) is 4.17. The number of rotatable bonds is 3. The predicted molar refractivity (Wildman–Crippen MR) is 129 cm³/mol. The first-order valence-corrected chi connectivity index (χ1v) is 11.6. The number of piperazine rings is 1. The van der Waals surface area contributed by atoms with Gasteiger partial charge < -0.3 is 9.80 Å². The number of carbonyl (C=O) groups excluding carboxylic acids is 2. The van der Waals surface area contributed by atoms with Crippen LogP contribution < -0.4 is 4.90 Å². The van der Waals surface area contributed by atoms with Crippen molar-refractivity contribution in [2.24, 2.45) is 0 Å². The fourth-order valence-electron chi connectivity index (χ4n) is 3.92. The number of aromatic nitrogens is 4. The summed E-state index contributed by atoms with van der Waals surface area (Å²) in [4.78, 5) is 32.3. The molecule has 1 fully saturated rings. The van der Waals surface area contributed by atoms with Crippen molar-refractivity contribution in [1.29, 1.82) is 0 Å². The molecule has 1 N–H and O–H groups in total. The van der Waals surface area contributed by atoms with Gasteiger partial charge in [0.1, 0.15) is 17.5 Å². The van der Waals surface area contributed by atoms with Crippen molar-refractivity contribution in [3.05, 3.63) is 71.2 Å². The van der Waals surface area contributed by atoms with Crippen LogP contribution in [0.25, 0.3) is 16.8 Å². The molecular formula is C24H21ClF4N6O2. The van der Waals surface area contributed by atoms with Crippen molar-refractivity contribution < 1.29 is 27.2 Å². The third kappa shape index (κ3) is 5.01. The first kappa shape index (κ1) is 26.1. The smallest absolute Gasteiger partial charge is 0.326 e. The maximum absolute atomic E-state index is 13.8. The molecule has 13 heteroatoms. The van der Waals surface area contributed by atoms with Crippen molar-refractivity contribution in [1.82, 2.24) is 24.5 Å². The lowest BCUT2D eigenvalue weighted by molar-refractivity contribution is -0.136. The second kappa shape index (κ2) is 10.2. The number of H-pyrrole nitrogens is 1. The quantitative estimate of drug-likeness (QED) is 0.371. The van der Waals surface area contributed by atoms with E-state index in [-0.39, 0.29) is 30.4 Å². The van der Waals surface area contributed by atoms with E-state index in [1.807, 2.05) is 13.8 Å². The SMILES string of the molecule is CC.O=C(c1nc2c(C(F)(F)F)cc(-c3cn[nH]c3)cn2c1Cl)N1CCN(c2ccc(F)cc2)C(=O)C1. The van der Waals surface area contributed by atoms with Gasteiger partial charge in [-0.3, -0.25) is 19.1 Å². The number of alkyl halides is 3. The molecule has 8 nitrogen and oxygen atoms in total. The monoisotopic (exact) mass is 536 g/mol. The number of anilines is 1. The summed E-state index contributed by atoms with van der Waals surface area (Å²) in [5.41, 5.74) is -0.985. The van der Waals surface area contributed by atoms with Gasteiger partial charge in [-0.1, -0.05) is 25.4 Å². The number of fused-ring (bicyclic) bond motifs is 1. The molecule has 4 heterocycles. The molecular weight excluding hydrogens is 516 g/mol. The minimum atomic E-state index is -4.77. The Morgan fingerprint density at radius 2 is 1.81 bits per heavy atom. The third-order valence-corrected chi connectivity index (χ3v) is 6.01. The summed E-state index contributed by atoms with van der Waals surface area (Å²) in [6.07, 6.45) is -0.666. The number of nitrogens with zero attached hydrogens (tertiary/aromatic N) is 5. The summed E-state index contributed by atoms with van der Waals surface area (Å²) in [5, 5.41) is 5.97. The Balaban J connectivity index is 0.00000156. The summed E-state index contributed by atoms with van der Waals surface area (Å²) in [7, 11) is 0. The van der Waals surface area contributed by atoms with Crippen LogP contribution in [-0.2, 0) is 11.0 Å². The molecule has 1 aliphatic rings. The van der Waals surface area contributed by atoms with Crippen LogP contribution in [-0.4, -0.2) is 55.9 Å². The van der Waals surface area contributed by atoms with Crippen LogP contribution in [0.1, 0.15) is 29.9 Å². The number of pyridine rings is 1. The van der Waals surface area contributed by atoms with Crippen LogP contribution >= 0.6 is 11.6 Å². The van der Waals surface area contributed by atoms with Gasteiger partial charge in [0.25, 0.3) is 5.91 Å². The van der Waals surface area contributed by atoms with Gasteiger partial charge in [-0.05, 0) is 30.3 Å². The minimum absolute atomic E-state index is 0.0819. The van der Waals surface area contributed by atoms with E-state index in [2.05, 4.69) is 15.2 Å². The second-order valence-corrected chi connectivity index (χ2v) is 8.18. The van der Waals surface area contributed by atoms with E-state index in [0.717, 1.165) is 10.5 Å². The molecule has 5 rings (SSSR count). The number of imidazole rings is 1. The highest BCUT2D eigenvalue weighted by molar-refractivity contribution is 6.33. The van der Waals surface area contributed by atoms with Crippen LogP contribution in [0, 0.1) is 5.82 Å². The molecule has 1 aliphatic heterocycles. The Labute approximate surface area is 213 Å². The van der Waals surface area contributed by atoms with E-state index in [1.165, 1.54) is 52.7 Å². The van der Waals surface area contributed by atoms with Crippen molar-refractivity contribution in [3.8, 4) is 11.1 Å². The zero-order valence-corrected chi connectivity index (χ0v) is 20.4. The molecule has 0 radical (unpaired) electrons. The molecule has 37 heavy (non-hydrogen) atoms. The zero-order chi connectivity index (χ0) is 26.9.